The fraction of sp³-hybridized carbons (Fsp3) is 0.600. The van der Waals surface area contributed by atoms with Crippen LogP contribution in [0.2, 0.25) is 0 Å². The van der Waals surface area contributed by atoms with Crippen LogP contribution in [0.1, 0.15) is 37.8 Å². The number of benzene rings is 1. The summed E-state index contributed by atoms with van der Waals surface area (Å²) in [5.41, 5.74) is 1.83. The van der Waals surface area contributed by atoms with Crippen molar-refractivity contribution in [2.75, 3.05) is 19.6 Å². The minimum absolute atomic E-state index is 0.599. The van der Waals surface area contributed by atoms with Gasteiger partial charge in [-0.05, 0) is 36.9 Å². The van der Waals surface area contributed by atoms with Crippen LogP contribution < -0.4 is 0 Å². The van der Waals surface area contributed by atoms with Crippen LogP contribution in [0.3, 0.4) is 0 Å². The lowest BCUT2D eigenvalue weighted by Crippen LogP contribution is -2.42. The number of aliphatic hydroxyl groups is 1. The SMILES string of the molecule is CCc1ccc(C2(O)CCN(CC)CC2)cc1. The molecule has 2 heteroatoms. The molecular formula is C15H23NO. The Morgan fingerprint density at radius 2 is 1.71 bits per heavy atom. The van der Waals surface area contributed by atoms with Crippen LogP contribution in [0.25, 0.3) is 0 Å². The molecule has 1 aromatic rings. The number of nitrogens with zero attached hydrogens (tertiary/aromatic N) is 1. The molecule has 1 N–H and O–H groups in total. The molecule has 0 amide bonds. The molecule has 0 radical (unpaired) electrons. The van der Waals surface area contributed by atoms with E-state index in [1.165, 1.54) is 5.56 Å². The highest BCUT2D eigenvalue weighted by atomic mass is 16.3. The van der Waals surface area contributed by atoms with Gasteiger partial charge in [0, 0.05) is 13.1 Å². The molecule has 1 aliphatic rings. The molecule has 94 valence electrons. The van der Waals surface area contributed by atoms with E-state index in [0.29, 0.717) is 0 Å². The predicted molar refractivity (Wildman–Crippen MR) is 71.1 cm³/mol. The van der Waals surface area contributed by atoms with Crippen molar-refractivity contribution in [2.24, 2.45) is 0 Å². The monoisotopic (exact) mass is 233 g/mol. The zero-order valence-corrected chi connectivity index (χ0v) is 10.9. The highest BCUT2D eigenvalue weighted by Gasteiger charge is 2.33. The summed E-state index contributed by atoms with van der Waals surface area (Å²) < 4.78 is 0. The van der Waals surface area contributed by atoms with Crippen LogP contribution in [0, 0.1) is 0 Å². The maximum atomic E-state index is 10.7. The van der Waals surface area contributed by atoms with E-state index in [9.17, 15) is 5.11 Å². The molecule has 2 rings (SSSR count). The van der Waals surface area contributed by atoms with E-state index in [0.717, 1.165) is 44.5 Å². The zero-order chi connectivity index (χ0) is 12.3. The molecule has 1 saturated heterocycles. The number of rotatable bonds is 3. The van der Waals surface area contributed by atoms with Crippen molar-refractivity contribution in [3.63, 3.8) is 0 Å². The lowest BCUT2D eigenvalue weighted by molar-refractivity contribution is -0.0247. The Morgan fingerprint density at radius 1 is 1.12 bits per heavy atom. The maximum absolute atomic E-state index is 10.7. The number of aryl methyl sites for hydroxylation is 1. The van der Waals surface area contributed by atoms with E-state index >= 15 is 0 Å². The lowest BCUT2D eigenvalue weighted by atomic mass is 9.84. The summed E-state index contributed by atoms with van der Waals surface area (Å²) in [6.07, 6.45) is 2.76. The standard InChI is InChI=1S/C15H23NO/c1-3-13-5-7-14(8-6-13)15(17)9-11-16(4-2)12-10-15/h5-8,17H,3-4,9-12H2,1-2H3. The first-order valence-electron chi connectivity index (χ1n) is 6.72. The van der Waals surface area contributed by atoms with E-state index in [1.54, 1.807) is 0 Å². The molecule has 1 fully saturated rings. The molecule has 0 saturated carbocycles. The van der Waals surface area contributed by atoms with Crippen LogP contribution >= 0.6 is 0 Å². The summed E-state index contributed by atoms with van der Waals surface area (Å²) in [5, 5.41) is 10.7. The summed E-state index contributed by atoms with van der Waals surface area (Å²) in [6.45, 7) is 7.43. The molecule has 1 aliphatic heterocycles. The summed E-state index contributed by atoms with van der Waals surface area (Å²) in [4.78, 5) is 2.40. The van der Waals surface area contributed by atoms with Crippen molar-refractivity contribution in [2.45, 2.75) is 38.7 Å². The van der Waals surface area contributed by atoms with Gasteiger partial charge in [-0.1, -0.05) is 38.1 Å². The lowest BCUT2D eigenvalue weighted by Gasteiger charge is -2.38. The molecule has 0 unspecified atom stereocenters. The first-order valence-corrected chi connectivity index (χ1v) is 6.72. The van der Waals surface area contributed by atoms with E-state index < -0.39 is 5.60 Å². The van der Waals surface area contributed by atoms with Crippen molar-refractivity contribution in [3.8, 4) is 0 Å². The normalized spacial score (nSPS) is 20.4. The Balaban J connectivity index is 2.10. The van der Waals surface area contributed by atoms with Gasteiger partial charge in [-0.3, -0.25) is 0 Å². The van der Waals surface area contributed by atoms with Crippen molar-refractivity contribution in [3.05, 3.63) is 35.4 Å². The van der Waals surface area contributed by atoms with Gasteiger partial charge in [0.25, 0.3) is 0 Å². The van der Waals surface area contributed by atoms with Crippen molar-refractivity contribution >= 4 is 0 Å². The number of hydrogen-bond acceptors (Lipinski definition) is 2. The van der Waals surface area contributed by atoms with Gasteiger partial charge < -0.3 is 10.0 Å². The zero-order valence-electron chi connectivity index (χ0n) is 10.9. The van der Waals surface area contributed by atoms with E-state index in [-0.39, 0.29) is 0 Å². The summed E-state index contributed by atoms with van der Waals surface area (Å²) in [6, 6.07) is 8.47. The second-order valence-corrected chi connectivity index (χ2v) is 5.02. The largest absolute Gasteiger partial charge is 0.385 e. The summed E-state index contributed by atoms with van der Waals surface area (Å²) in [5.74, 6) is 0. The van der Waals surface area contributed by atoms with Gasteiger partial charge in [-0.25, -0.2) is 0 Å². The van der Waals surface area contributed by atoms with Gasteiger partial charge in [0.05, 0.1) is 5.60 Å². The van der Waals surface area contributed by atoms with Crippen molar-refractivity contribution in [1.82, 2.24) is 4.90 Å². The Labute approximate surface area is 104 Å². The van der Waals surface area contributed by atoms with Gasteiger partial charge in [0.1, 0.15) is 0 Å². The fourth-order valence-corrected chi connectivity index (χ4v) is 2.58. The summed E-state index contributed by atoms with van der Waals surface area (Å²) >= 11 is 0. The minimum Gasteiger partial charge on any atom is -0.385 e. The third-order valence-corrected chi connectivity index (χ3v) is 4.03. The second kappa shape index (κ2) is 5.19. The highest BCUT2D eigenvalue weighted by molar-refractivity contribution is 5.27. The van der Waals surface area contributed by atoms with Gasteiger partial charge in [0.15, 0.2) is 0 Å². The molecule has 1 aromatic carbocycles. The van der Waals surface area contributed by atoms with Crippen LogP contribution in [-0.4, -0.2) is 29.6 Å². The molecule has 17 heavy (non-hydrogen) atoms. The first-order chi connectivity index (χ1) is 8.18. The molecule has 2 nitrogen and oxygen atoms in total. The third-order valence-electron chi connectivity index (χ3n) is 4.03. The van der Waals surface area contributed by atoms with E-state index in [2.05, 4.69) is 43.0 Å². The molecule has 1 heterocycles. The smallest absolute Gasteiger partial charge is 0.0920 e. The first kappa shape index (κ1) is 12.6. The molecule has 0 atom stereocenters. The van der Waals surface area contributed by atoms with Crippen molar-refractivity contribution < 1.29 is 5.11 Å². The number of likely N-dealkylation sites (tertiary alicyclic amines) is 1. The molecule has 0 spiro atoms. The quantitative estimate of drug-likeness (QED) is 0.867. The van der Waals surface area contributed by atoms with Crippen molar-refractivity contribution in [1.29, 1.82) is 0 Å². The summed E-state index contributed by atoms with van der Waals surface area (Å²) in [7, 11) is 0. The second-order valence-electron chi connectivity index (χ2n) is 5.02. The van der Waals surface area contributed by atoms with Crippen LogP contribution in [0.15, 0.2) is 24.3 Å². The Hall–Kier alpha value is -0.860. The average molecular weight is 233 g/mol. The molecule has 0 aliphatic carbocycles. The Bertz CT molecular complexity index is 350. The van der Waals surface area contributed by atoms with Gasteiger partial charge in [-0.15, -0.1) is 0 Å². The number of piperidine rings is 1. The van der Waals surface area contributed by atoms with Crippen LogP contribution in [0.5, 0.6) is 0 Å². The van der Waals surface area contributed by atoms with Gasteiger partial charge >= 0.3 is 0 Å². The minimum atomic E-state index is -0.599. The highest BCUT2D eigenvalue weighted by Crippen LogP contribution is 2.32. The van der Waals surface area contributed by atoms with E-state index in [1.807, 2.05) is 0 Å². The Morgan fingerprint density at radius 3 is 2.18 bits per heavy atom. The fourth-order valence-electron chi connectivity index (χ4n) is 2.58. The topological polar surface area (TPSA) is 23.5 Å². The maximum Gasteiger partial charge on any atom is 0.0920 e. The third kappa shape index (κ3) is 2.70. The Kier molecular flexibility index (Phi) is 3.85. The van der Waals surface area contributed by atoms with Crippen LogP contribution in [-0.2, 0) is 12.0 Å². The molecule has 0 bridgehead atoms. The molecular weight excluding hydrogens is 210 g/mol. The van der Waals surface area contributed by atoms with Gasteiger partial charge in [-0.2, -0.15) is 0 Å². The van der Waals surface area contributed by atoms with E-state index in [4.69, 9.17) is 0 Å². The van der Waals surface area contributed by atoms with Crippen LogP contribution in [0.4, 0.5) is 0 Å². The number of hydrogen-bond donors (Lipinski definition) is 1. The molecule has 0 aromatic heterocycles. The van der Waals surface area contributed by atoms with Gasteiger partial charge in [0.2, 0.25) is 0 Å². The predicted octanol–water partition coefficient (Wildman–Crippen LogP) is 2.55. The average Bonchev–Trinajstić information content (AvgIpc) is 2.40.